The first-order valence-electron chi connectivity index (χ1n) is 22.0. The molecule has 12 aromatic rings. The SMILES string of the molecule is c1ccc(-c2nc(-c3cc4c5c(c3)N(c3ccc6ccccc6c3)c3cc6ccccc6cc3B5c3cc5ccccc5cc3-4)nc(-c3cc4ccccc4c4ccccc34)n2)cc1. The molecule has 5 heteroatoms. The van der Waals surface area contributed by atoms with Crippen LogP contribution in [0.25, 0.3) is 99.2 Å². The van der Waals surface area contributed by atoms with E-state index in [1.54, 1.807) is 0 Å². The predicted octanol–water partition coefficient (Wildman–Crippen LogP) is 12.9. The van der Waals surface area contributed by atoms with Crippen molar-refractivity contribution < 1.29 is 0 Å². The number of rotatable bonds is 4. The molecule has 0 saturated carbocycles. The Bertz CT molecular complexity index is 3940. The lowest BCUT2D eigenvalue weighted by Gasteiger charge is -2.36. The van der Waals surface area contributed by atoms with E-state index in [1.165, 1.54) is 76.3 Å². The van der Waals surface area contributed by atoms with Crippen molar-refractivity contribution in [2.45, 2.75) is 0 Å². The number of hydrogen-bond acceptors (Lipinski definition) is 4. The van der Waals surface area contributed by atoms with Gasteiger partial charge >= 0.3 is 0 Å². The lowest BCUT2D eigenvalue weighted by Crippen LogP contribution is -2.54. The quantitative estimate of drug-likeness (QED) is 0.131. The summed E-state index contributed by atoms with van der Waals surface area (Å²) >= 11 is 0. The minimum Gasteiger partial charge on any atom is -0.311 e. The molecule has 0 amide bonds. The van der Waals surface area contributed by atoms with Crippen LogP contribution in [0.4, 0.5) is 17.1 Å². The highest BCUT2D eigenvalue weighted by Crippen LogP contribution is 2.45. The van der Waals surface area contributed by atoms with Crippen LogP contribution < -0.4 is 21.3 Å². The summed E-state index contributed by atoms with van der Waals surface area (Å²) in [5.74, 6) is 1.92. The first-order valence-corrected chi connectivity index (χ1v) is 22.0. The van der Waals surface area contributed by atoms with Crippen LogP contribution in [-0.2, 0) is 0 Å². The Labute approximate surface area is 369 Å². The molecule has 0 aliphatic carbocycles. The Balaban J connectivity index is 1.09. The standard InChI is InChI=1S/C59H35BN4/c1-2-15-37(16-3-1)57-61-58(63-59(62-57)51-30-43-22-10-11-23-46(43)47-24-12-13-25-48(47)51)44-31-50-49-29-39-18-6-7-19-40(39)32-52(49)60-53-33-41-20-8-9-21-42(41)34-54(53)64(55(35-44)56(50)60)45-27-26-36-14-4-5-17-38(36)28-45/h1-35H. The fraction of sp³-hybridized carbons (Fsp3) is 0. The van der Waals surface area contributed by atoms with Crippen LogP contribution in [0.1, 0.15) is 0 Å². The van der Waals surface area contributed by atoms with E-state index in [9.17, 15) is 0 Å². The fourth-order valence-corrected chi connectivity index (χ4v) is 10.7. The smallest absolute Gasteiger partial charge is 0.248 e. The molecule has 0 unspecified atom stereocenters. The molecule has 1 aromatic heterocycles. The van der Waals surface area contributed by atoms with Gasteiger partial charge in [0.1, 0.15) is 0 Å². The summed E-state index contributed by atoms with van der Waals surface area (Å²) in [5.41, 5.74) is 12.7. The topological polar surface area (TPSA) is 41.9 Å². The van der Waals surface area contributed by atoms with Gasteiger partial charge in [0, 0.05) is 33.8 Å². The zero-order chi connectivity index (χ0) is 41.9. The monoisotopic (exact) mass is 810 g/mol. The molecule has 0 spiro atoms. The summed E-state index contributed by atoms with van der Waals surface area (Å²) in [6.07, 6.45) is 0. The summed E-state index contributed by atoms with van der Waals surface area (Å²) in [4.78, 5) is 18.6. The number of nitrogens with zero attached hydrogens (tertiary/aromatic N) is 4. The molecule has 64 heavy (non-hydrogen) atoms. The van der Waals surface area contributed by atoms with Crippen molar-refractivity contribution in [2.75, 3.05) is 4.90 Å². The molecule has 2 aliphatic rings. The fourth-order valence-electron chi connectivity index (χ4n) is 10.7. The summed E-state index contributed by atoms with van der Waals surface area (Å²) in [7, 11) is 0. The highest BCUT2D eigenvalue weighted by Gasteiger charge is 2.43. The molecule has 11 aromatic carbocycles. The molecule has 0 atom stereocenters. The molecule has 294 valence electrons. The van der Waals surface area contributed by atoms with Crippen molar-refractivity contribution in [1.82, 2.24) is 15.0 Å². The van der Waals surface area contributed by atoms with E-state index in [-0.39, 0.29) is 6.71 Å². The second kappa shape index (κ2) is 13.5. The normalized spacial score (nSPS) is 12.6. The van der Waals surface area contributed by atoms with Crippen molar-refractivity contribution in [3.63, 3.8) is 0 Å². The Morgan fingerprint density at radius 1 is 0.312 bits per heavy atom. The predicted molar refractivity (Wildman–Crippen MR) is 268 cm³/mol. The zero-order valence-corrected chi connectivity index (χ0v) is 34.6. The van der Waals surface area contributed by atoms with Gasteiger partial charge in [-0.3, -0.25) is 0 Å². The van der Waals surface area contributed by atoms with E-state index in [4.69, 9.17) is 15.0 Å². The molecule has 14 rings (SSSR count). The molecule has 0 radical (unpaired) electrons. The van der Waals surface area contributed by atoms with Crippen LogP contribution in [0, 0.1) is 0 Å². The van der Waals surface area contributed by atoms with Crippen molar-refractivity contribution in [2.24, 2.45) is 0 Å². The van der Waals surface area contributed by atoms with Gasteiger partial charge in [0.25, 0.3) is 0 Å². The van der Waals surface area contributed by atoms with Crippen LogP contribution in [0.5, 0.6) is 0 Å². The lowest BCUT2D eigenvalue weighted by atomic mass is 9.37. The van der Waals surface area contributed by atoms with Gasteiger partial charge in [-0.25, -0.2) is 15.0 Å². The van der Waals surface area contributed by atoms with E-state index in [0.717, 1.165) is 38.8 Å². The van der Waals surface area contributed by atoms with Gasteiger partial charge in [-0.1, -0.05) is 175 Å². The van der Waals surface area contributed by atoms with E-state index < -0.39 is 0 Å². The van der Waals surface area contributed by atoms with Gasteiger partial charge < -0.3 is 4.90 Å². The molecule has 2 aliphatic heterocycles. The Morgan fingerprint density at radius 2 is 0.859 bits per heavy atom. The number of aromatic nitrogens is 3. The van der Waals surface area contributed by atoms with E-state index in [2.05, 4.69) is 199 Å². The summed E-state index contributed by atoms with van der Waals surface area (Å²) in [5, 5.41) is 12.0. The largest absolute Gasteiger partial charge is 0.311 e. The zero-order valence-electron chi connectivity index (χ0n) is 34.6. The summed E-state index contributed by atoms with van der Waals surface area (Å²) < 4.78 is 0. The van der Waals surface area contributed by atoms with Gasteiger partial charge in [-0.2, -0.15) is 0 Å². The van der Waals surface area contributed by atoms with Crippen molar-refractivity contribution in [1.29, 1.82) is 0 Å². The van der Waals surface area contributed by atoms with E-state index in [1.807, 2.05) is 18.2 Å². The maximum Gasteiger partial charge on any atom is 0.248 e. The van der Waals surface area contributed by atoms with Crippen molar-refractivity contribution in [3.8, 4) is 45.3 Å². The third-order valence-corrected chi connectivity index (χ3v) is 13.6. The van der Waals surface area contributed by atoms with Gasteiger partial charge in [-0.15, -0.1) is 0 Å². The lowest BCUT2D eigenvalue weighted by molar-refractivity contribution is 1.08. The van der Waals surface area contributed by atoms with Gasteiger partial charge in [-0.05, 0) is 118 Å². The Kier molecular flexibility index (Phi) is 7.45. The molecule has 0 N–H and O–H groups in total. The molecular formula is C59H35BN4. The average molecular weight is 811 g/mol. The second-order valence-corrected chi connectivity index (χ2v) is 17.2. The molecule has 0 fully saturated rings. The van der Waals surface area contributed by atoms with Crippen LogP contribution >= 0.6 is 0 Å². The maximum atomic E-state index is 5.48. The first kappa shape index (κ1) is 35.2. The number of hydrogen-bond donors (Lipinski definition) is 0. The molecule has 0 bridgehead atoms. The van der Waals surface area contributed by atoms with Gasteiger partial charge in [0.05, 0.1) is 0 Å². The van der Waals surface area contributed by atoms with E-state index >= 15 is 0 Å². The Morgan fingerprint density at radius 3 is 1.61 bits per heavy atom. The van der Waals surface area contributed by atoms with Crippen LogP contribution in [-0.4, -0.2) is 21.7 Å². The summed E-state index contributed by atoms with van der Waals surface area (Å²) in [6.45, 7) is 0.0349. The highest BCUT2D eigenvalue weighted by molar-refractivity contribution is 7.01. The third kappa shape index (κ3) is 5.28. The average Bonchev–Trinajstić information content (AvgIpc) is 3.68. The van der Waals surface area contributed by atoms with Gasteiger partial charge in [0.15, 0.2) is 17.5 Å². The highest BCUT2D eigenvalue weighted by atomic mass is 15.2. The number of benzene rings is 11. The van der Waals surface area contributed by atoms with Crippen molar-refractivity contribution >= 4 is 94.0 Å². The summed E-state index contributed by atoms with van der Waals surface area (Å²) in [6, 6.07) is 77.1. The number of fused-ring (bicyclic) bond motifs is 11. The second-order valence-electron chi connectivity index (χ2n) is 17.2. The molecule has 0 saturated heterocycles. The molecular weight excluding hydrogens is 775 g/mol. The Hall–Kier alpha value is -8.41. The molecule has 4 nitrogen and oxygen atoms in total. The van der Waals surface area contributed by atoms with Crippen molar-refractivity contribution in [3.05, 3.63) is 212 Å². The molecule has 3 heterocycles. The minimum atomic E-state index is 0.0349. The van der Waals surface area contributed by atoms with Crippen LogP contribution in [0.15, 0.2) is 212 Å². The third-order valence-electron chi connectivity index (χ3n) is 13.6. The van der Waals surface area contributed by atoms with Crippen LogP contribution in [0.3, 0.4) is 0 Å². The first-order chi connectivity index (χ1) is 31.7. The van der Waals surface area contributed by atoms with Crippen LogP contribution in [0.2, 0.25) is 0 Å². The maximum absolute atomic E-state index is 5.48. The van der Waals surface area contributed by atoms with Gasteiger partial charge in [0.2, 0.25) is 6.71 Å². The minimum absolute atomic E-state index is 0.0349. The van der Waals surface area contributed by atoms with E-state index in [0.29, 0.717) is 17.5 Å². The number of anilines is 3.